The number of phenolic OH excluding ortho intramolecular Hbond substituents is 1. The van der Waals surface area contributed by atoms with Crippen molar-refractivity contribution in [3.8, 4) is 16.3 Å². The van der Waals surface area contributed by atoms with Crippen LogP contribution in [-0.2, 0) is 17.8 Å². The van der Waals surface area contributed by atoms with Gasteiger partial charge in [0, 0.05) is 27.5 Å². The van der Waals surface area contributed by atoms with Crippen LogP contribution in [0.15, 0.2) is 47.8 Å². The summed E-state index contributed by atoms with van der Waals surface area (Å²) in [6.07, 6.45) is 0.194. The van der Waals surface area contributed by atoms with E-state index < -0.39 is 0 Å². The Balaban J connectivity index is 1.59. The molecule has 1 amide bonds. The van der Waals surface area contributed by atoms with Gasteiger partial charge in [-0.1, -0.05) is 29.3 Å². The predicted octanol–water partition coefficient (Wildman–Crippen LogP) is 4.68. The second-order valence-corrected chi connectivity index (χ2v) is 7.08. The number of thiazole rings is 1. The van der Waals surface area contributed by atoms with Crippen molar-refractivity contribution in [2.24, 2.45) is 0 Å². The summed E-state index contributed by atoms with van der Waals surface area (Å²) in [7, 11) is 0. The molecule has 3 aromatic rings. The topological polar surface area (TPSA) is 62.2 Å². The number of aromatic nitrogens is 1. The van der Waals surface area contributed by atoms with Crippen LogP contribution >= 0.6 is 34.5 Å². The van der Waals surface area contributed by atoms with E-state index in [1.807, 2.05) is 5.38 Å². The summed E-state index contributed by atoms with van der Waals surface area (Å²) >= 11 is 13.4. The third kappa shape index (κ3) is 4.72. The number of aromatic hydroxyl groups is 1. The average Bonchev–Trinajstić information content (AvgIpc) is 3.03. The summed E-state index contributed by atoms with van der Waals surface area (Å²) in [5.41, 5.74) is 2.41. The number of nitrogens with one attached hydrogen (secondary N) is 1. The van der Waals surface area contributed by atoms with E-state index >= 15 is 0 Å². The first-order valence-electron chi connectivity index (χ1n) is 7.46. The van der Waals surface area contributed by atoms with E-state index in [0.717, 1.165) is 16.1 Å². The highest BCUT2D eigenvalue weighted by molar-refractivity contribution is 7.13. The Morgan fingerprint density at radius 2 is 1.92 bits per heavy atom. The van der Waals surface area contributed by atoms with Gasteiger partial charge in [0.05, 0.1) is 12.1 Å². The maximum atomic E-state index is 12.1. The Hall–Kier alpha value is -2.08. The molecular formula is C18H14Cl2N2O2S. The molecule has 0 atom stereocenters. The number of carbonyl (C=O) groups is 1. The number of hydrogen-bond donors (Lipinski definition) is 2. The number of rotatable bonds is 5. The first-order valence-corrected chi connectivity index (χ1v) is 9.09. The Labute approximate surface area is 159 Å². The van der Waals surface area contributed by atoms with E-state index in [0.29, 0.717) is 22.3 Å². The third-order valence-corrected chi connectivity index (χ3v) is 5.03. The second kappa shape index (κ2) is 7.87. The summed E-state index contributed by atoms with van der Waals surface area (Å²) in [5.74, 6) is 0.0781. The lowest BCUT2D eigenvalue weighted by molar-refractivity contribution is -0.120. The molecule has 1 aromatic heterocycles. The van der Waals surface area contributed by atoms with E-state index in [4.69, 9.17) is 23.2 Å². The minimum atomic E-state index is -0.131. The minimum Gasteiger partial charge on any atom is -0.508 e. The largest absolute Gasteiger partial charge is 0.508 e. The third-order valence-electron chi connectivity index (χ3n) is 3.50. The van der Waals surface area contributed by atoms with Gasteiger partial charge in [0.1, 0.15) is 10.8 Å². The van der Waals surface area contributed by atoms with E-state index in [-0.39, 0.29) is 18.1 Å². The summed E-state index contributed by atoms with van der Waals surface area (Å²) in [6, 6.07) is 12.0. The highest BCUT2D eigenvalue weighted by atomic mass is 35.5. The molecule has 128 valence electrons. The molecule has 1 heterocycles. The van der Waals surface area contributed by atoms with Crippen LogP contribution in [0.1, 0.15) is 11.3 Å². The van der Waals surface area contributed by atoms with Gasteiger partial charge in [-0.3, -0.25) is 4.79 Å². The normalized spacial score (nSPS) is 10.6. The lowest BCUT2D eigenvalue weighted by Gasteiger charge is -2.06. The van der Waals surface area contributed by atoms with Crippen molar-refractivity contribution in [2.75, 3.05) is 0 Å². The van der Waals surface area contributed by atoms with Crippen LogP contribution in [0.3, 0.4) is 0 Å². The molecule has 0 fully saturated rings. The zero-order valence-electron chi connectivity index (χ0n) is 13.0. The number of amides is 1. The summed E-state index contributed by atoms with van der Waals surface area (Å²) in [4.78, 5) is 16.6. The molecule has 2 N–H and O–H groups in total. The van der Waals surface area contributed by atoms with E-state index in [2.05, 4.69) is 10.3 Å². The molecule has 4 nitrogen and oxygen atoms in total. The van der Waals surface area contributed by atoms with Crippen molar-refractivity contribution < 1.29 is 9.90 Å². The van der Waals surface area contributed by atoms with Crippen molar-refractivity contribution in [1.29, 1.82) is 0 Å². The number of benzene rings is 2. The molecule has 2 aromatic carbocycles. The summed E-state index contributed by atoms with van der Waals surface area (Å²) in [5, 5.41) is 15.9. The van der Waals surface area contributed by atoms with E-state index in [1.165, 1.54) is 11.3 Å². The fraction of sp³-hybridized carbons (Fsp3) is 0.111. The SMILES string of the molecule is O=C(Cc1csc(-c2ccc(O)cc2)n1)NCc1ccc(Cl)cc1Cl. The van der Waals surface area contributed by atoms with Gasteiger partial charge >= 0.3 is 0 Å². The molecule has 0 saturated carbocycles. The van der Waals surface area contributed by atoms with E-state index in [9.17, 15) is 9.90 Å². The van der Waals surface area contributed by atoms with Crippen LogP contribution in [0.25, 0.3) is 10.6 Å². The Kier molecular flexibility index (Phi) is 5.58. The lowest BCUT2D eigenvalue weighted by atomic mass is 10.2. The van der Waals surface area contributed by atoms with Gasteiger partial charge in [-0.15, -0.1) is 11.3 Å². The molecule has 0 aliphatic rings. The summed E-state index contributed by atoms with van der Waals surface area (Å²) in [6.45, 7) is 0.337. The monoisotopic (exact) mass is 392 g/mol. The number of hydrogen-bond acceptors (Lipinski definition) is 4. The molecule has 0 unspecified atom stereocenters. The molecule has 0 spiro atoms. The van der Waals surface area contributed by atoms with Crippen LogP contribution < -0.4 is 5.32 Å². The molecule has 0 saturated heterocycles. The highest BCUT2D eigenvalue weighted by Gasteiger charge is 2.10. The molecule has 0 radical (unpaired) electrons. The van der Waals surface area contributed by atoms with Gasteiger partial charge in [0.2, 0.25) is 5.91 Å². The first-order chi connectivity index (χ1) is 12.0. The fourth-order valence-corrected chi connectivity index (χ4v) is 3.51. The molecule has 0 bridgehead atoms. The molecule has 3 rings (SSSR count). The predicted molar refractivity (Wildman–Crippen MR) is 101 cm³/mol. The molecule has 0 aliphatic heterocycles. The van der Waals surface area contributed by atoms with Crippen LogP contribution in [-0.4, -0.2) is 16.0 Å². The van der Waals surface area contributed by atoms with Crippen LogP contribution in [0.5, 0.6) is 5.75 Å². The molecule has 0 aliphatic carbocycles. The van der Waals surface area contributed by atoms with Gasteiger partial charge in [-0.2, -0.15) is 0 Å². The standard InChI is InChI=1S/C18H14Cl2N2O2S/c19-13-4-1-12(16(20)7-13)9-21-17(24)8-14-10-25-18(22-14)11-2-5-15(23)6-3-11/h1-7,10,23H,8-9H2,(H,21,24). The first kappa shape index (κ1) is 17.7. The Morgan fingerprint density at radius 1 is 1.16 bits per heavy atom. The zero-order valence-corrected chi connectivity index (χ0v) is 15.3. The van der Waals surface area contributed by atoms with Crippen molar-refractivity contribution in [3.05, 3.63) is 69.1 Å². The van der Waals surface area contributed by atoms with Gasteiger partial charge in [0.25, 0.3) is 0 Å². The fourth-order valence-electron chi connectivity index (χ4n) is 2.21. The maximum absolute atomic E-state index is 12.1. The molecule has 25 heavy (non-hydrogen) atoms. The van der Waals surface area contributed by atoms with E-state index in [1.54, 1.807) is 42.5 Å². The molecule has 7 heteroatoms. The minimum absolute atomic E-state index is 0.131. The lowest BCUT2D eigenvalue weighted by Crippen LogP contribution is -2.24. The van der Waals surface area contributed by atoms with Crippen molar-refractivity contribution in [3.63, 3.8) is 0 Å². The Bertz CT molecular complexity index is 894. The van der Waals surface area contributed by atoms with Gasteiger partial charge in [0.15, 0.2) is 0 Å². The van der Waals surface area contributed by atoms with Crippen LogP contribution in [0, 0.1) is 0 Å². The summed E-state index contributed by atoms with van der Waals surface area (Å²) < 4.78 is 0. The van der Waals surface area contributed by atoms with Crippen molar-refractivity contribution >= 4 is 40.4 Å². The number of nitrogens with zero attached hydrogens (tertiary/aromatic N) is 1. The van der Waals surface area contributed by atoms with Gasteiger partial charge in [-0.25, -0.2) is 4.98 Å². The Morgan fingerprint density at radius 3 is 2.64 bits per heavy atom. The smallest absolute Gasteiger partial charge is 0.226 e. The van der Waals surface area contributed by atoms with Crippen LogP contribution in [0.2, 0.25) is 10.0 Å². The second-order valence-electron chi connectivity index (χ2n) is 5.38. The number of halogens is 2. The van der Waals surface area contributed by atoms with Gasteiger partial charge < -0.3 is 10.4 Å². The van der Waals surface area contributed by atoms with Crippen molar-refractivity contribution in [1.82, 2.24) is 10.3 Å². The quantitative estimate of drug-likeness (QED) is 0.662. The van der Waals surface area contributed by atoms with Crippen LogP contribution in [0.4, 0.5) is 0 Å². The zero-order chi connectivity index (χ0) is 17.8. The maximum Gasteiger partial charge on any atom is 0.226 e. The average molecular weight is 393 g/mol. The number of carbonyl (C=O) groups excluding carboxylic acids is 1. The van der Waals surface area contributed by atoms with Gasteiger partial charge in [-0.05, 0) is 42.0 Å². The molecular weight excluding hydrogens is 379 g/mol. The highest BCUT2D eigenvalue weighted by Crippen LogP contribution is 2.25. The van der Waals surface area contributed by atoms with Crippen molar-refractivity contribution in [2.45, 2.75) is 13.0 Å². The number of phenols is 1.